The van der Waals surface area contributed by atoms with E-state index in [2.05, 4.69) is 45.3 Å². The number of thiazole rings is 1. The molecule has 0 saturated heterocycles. The average Bonchev–Trinajstić information content (AvgIpc) is 2.75. The van der Waals surface area contributed by atoms with Crippen LogP contribution in [0, 0.1) is 0 Å². The number of hydrogen-bond donors (Lipinski definition) is 1. The van der Waals surface area contributed by atoms with Crippen LogP contribution in [0.25, 0.3) is 0 Å². The van der Waals surface area contributed by atoms with Crippen LogP contribution < -0.4 is 5.32 Å². The minimum absolute atomic E-state index is 0.180. The molecule has 3 heteroatoms. The predicted molar refractivity (Wildman–Crippen MR) is 81.5 cm³/mol. The van der Waals surface area contributed by atoms with Gasteiger partial charge < -0.3 is 5.32 Å². The third kappa shape index (κ3) is 5.07. The third-order valence-corrected chi connectivity index (χ3v) is 4.07. The summed E-state index contributed by atoms with van der Waals surface area (Å²) in [5.41, 5.74) is 1.41. The summed E-state index contributed by atoms with van der Waals surface area (Å²) in [6, 6.07) is 0.655. The van der Waals surface area contributed by atoms with Crippen LogP contribution in [0.1, 0.15) is 64.6 Å². The highest BCUT2D eigenvalue weighted by molar-refractivity contribution is 7.09. The van der Waals surface area contributed by atoms with Gasteiger partial charge >= 0.3 is 0 Å². The molecule has 1 N–H and O–H groups in total. The number of hydrogen-bond acceptors (Lipinski definition) is 3. The van der Waals surface area contributed by atoms with Crippen molar-refractivity contribution in [2.45, 2.75) is 71.8 Å². The Hall–Kier alpha value is -0.410. The summed E-state index contributed by atoms with van der Waals surface area (Å²) in [7, 11) is 0. The van der Waals surface area contributed by atoms with Gasteiger partial charge in [-0.1, -0.05) is 41.0 Å². The van der Waals surface area contributed by atoms with E-state index in [1.54, 1.807) is 0 Å². The second kappa shape index (κ2) is 7.25. The lowest BCUT2D eigenvalue weighted by atomic mass is 9.93. The zero-order valence-electron chi connectivity index (χ0n) is 12.5. The van der Waals surface area contributed by atoms with Crippen molar-refractivity contribution in [2.24, 2.45) is 0 Å². The highest BCUT2D eigenvalue weighted by Gasteiger charge is 2.17. The van der Waals surface area contributed by atoms with E-state index >= 15 is 0 Å². The maximum Gasteiger partial charge on any atom is 0.0929 e. The molecule has 0 saturated carbocycles. The molecule has 0 aliphatic rings. The number of aromatic nitrogens is 1. The molecule has 1 heterocycles. The SMILES string of the molecule is CCCC(CCc1nc(C(C)(C)C)cs1)NCC. The van der Waals surface area contributed by atoms with Gasteiger partial charge in [-0.25, -0.2) is 4.98 Å². The summed E-state index contributed by atoms with van der Waals surface area (Å²) >= 11 is 1.82. The monoisotopic (exact) mass is 268 g/mol. The number of aryl methyl sites for hydroxylation is 1. The van der Waals surface area contributed by atoms with Crippen LogP contribution in [0.3, 0.4) is 0 Å². The van der Waals surface area contributed by atoms with Gasteiger partial charge in [0.1, 0.15) is 0 Å². The molecule has 18 heavy (non-hydrogen) atoms. The minimum Gasteiger partial charge on any atom is -0.314 e. The molecule has 1 aromatic heterocycles. The lowest BCUT2D eigenvalue weighted by molar-refractivity contribution is 0.459. The van der Waals surface area contributed by atoms with E-state index in [-0.39, 0.29) is 5.41 Å². The highest BCUT2D eigenvalue weighted by atomic mass is 32.1. The van der Waals surface area contributed by atoms with Crippen LogP contribution in [-0.2, 0) is 11.8 Å². The van der Waals surface area contributed by atoms with Gasteiger partial charge in [0.25, 0.3) is 0 Å². The smallest absolute Gasteiger partial charge is 0.0929 e. The fourth-order valence-electron chi connectivity index (χ4n) is 2.05. The Balaban J connectivity index is 2.49. The van der Waals surface area contributed by atoms with Crippen LogP contribution in [0.5, 0.6) is 0 Å². The molecule has 1 aromatic rings. The Kier molecular flexibility index (Phi) is 6.30. The van der Waals surface area contributed by atoms with Crippen molar-refractivity contribution < 1.29 is 0 Å². The molecule has 0 aromatic carbocycles. The van der Waals surface area contributed by atoms with E-state index in [0.29, 0.717) is 6.04 Å². The maximum atomic E-state index is 4.76. The molecule has 104 valence electrons. The molecule has 2 nitrogen and oxygen atoms in total. The molecular formula is C15H28N2S. The van der Waals surface area contributed by atoms with Gasteiger partial charge in [0.15, 0.2) is 0 Å². The van der Waals surface area contributed by atoms with E-state index in [1.807, 2.05) is 11.3 Å². The first-order valence-electron chi connectivity index (χ1n) is 7.15. The first-order chi connectivity index (χ1) is 8.47. The Labute approximate surface area is 116 Å². The second-order valence-corrected chi connectivity index (χ2v) is 6.90. The van der Waals surface area contributed by atoms with Crippen molar-refractivity contribution >= 4 is 11.3 Å². The first kappa shape index (κ1) is 15.6. The highest BCUT2D eigenvalue weighted by Crippen LogP contribution is 2.24. The van der Waals surface area contributed by atoms with Gasteiger partial charge in [0.05, 0.1) is 10.7 Å². The zero-order chi connectivity index (χ0) is 13.6. The summed E-state index contributed by atoms with van der Waals surface area (Å²) in [6.45, 7) is 12.2. The minimum atomic E-state index is 0.180. The number of nitrogens with one attached hydrogen (secondary N) is 1. The standard InChI is InChI=1S/C15H28N2S/c1-6-8-12(16-7-2)9-10-14-17-13(11-18-14)15(3,4)5/h11-12,16H,6-10H2,1-5H3. The molecule has 0 aliphatic heterocycles. The number of rotatable bonds is 7. The van der Waals surface area contributed by atoms with Crippen LogP contribution in [-0.4, -0.2) is 17.6 Å². The molecule has 0 aliphatic carbocycles. The Bertz CT molecular complexity index is 333. The van der Waals surface area contributed by atoms with Gasteiger partial charge in [-0.2, -0.15) is 0 Å². The average molecular weight is 268 g/mol. The van der Waals surface area contributed by atoms with Gasteiger partial charge in [0.2, 0.25) is 0 Å². The molecule has 0 radical (unpaired) electrons. The Morgan fingerprint density at radius 3 is 2.50 bits per heavy atom. The molecular weight excluding hydrogens is 240 g/mol. The summed E-state index contributed by atoms with van der Waals surface area (Å²) in [5, 5.41) is 7.08. The fraction of sp³-hybridized carbons (Fsp3) is 0.800. The van der Waals surface area contributed by atoms with E-state index in [0.717, 1.165) is 13.0 Å². The second-order valence-electron chi connectivity index (χ2n) is 5.96. The maximum absolute atomic E-state index is 4.76. The van der Waals surface area contributed by atoms with Crippen LogP contribution in [0.2, 0.25) is 0 Å². The van der Waals surface area contributed by atoms with Crippen molar-refractivity contribution in [3.8, 4) is 0 Å². The van der Waals surface area contributed by atoms with Gasteiger partial charge in [0, 0.05) is 23.3 Å². The molecule has 0 spiro atoms. The Morgan fingerprint density at radius 1 is 1.28 bits per heavy atom. The molecule has 1 rings (SSSR count). The largest absolute Gasteiger partial charge is 0.314 e. The third-order valence-electron chi connectivity index (χ3n) is 3.16. The quantitative estimate of drug-likeness (QED) is 0.803. The van der Waals surface area contributed by atoms with Crippen LogP contribution in [0.4, 0.5) is 0 Å². The van der Waals surface area contributed by atoms with E-state index in [1.165, 1.54) is 30.0 Å². The zero-order valence-corrected chi connectivity index (χ0v) is 13.4. The van der Waals surface area contributed by atoms with Gasteiger partial charge in [-0.05, 0) is 19.4 Å². The van der Waals surface area contributed by atoms with E-state index in [9.17, 15) is 0 Å². The lowest BCUT2D eigenvalue weighted by Gasteiger charge is -2.16. The normalized spacial score (nSPS) is 13.8. The summed E-state index contributed by atoms with van der Waals surface area (Å²) < 4.78 is 0. The molecule has 0 bridgehead atoms. The molecule has 0 amide bonds. The van der Waals surface area contributed by atoms with Crippen LogP contribution >= 0.6 is 11.3 Å². The molecule has 1 unspecified atom stereocenters. The fourth-order valence-corrected chi connectivity index (χ4v) is 3.09. The molecule has 0 fully saturated rings. The molecule has 1 atom stereocenters. The van der Waals surface area contributed by atoms with Gasteiger partial charge in [-0.15, -0.1) is 11.3 Å². The van der Waals surface area contributed by atoms with Crippen molar-refractivity contribution in [1.82, 2.24) is 10.3 Å². The number of nitrogens with zero attached hydrogens (tertiary/aromatic N) is 1. The van der Waals surface area contributed by atoms with Crippen molar-refractivity contribution in [1.29, 1.82) is 0 Å². The van der Waals surface area contributed by atoms with Crippen molar-refractivity contribution in [3.05, 3.63) is 16.1 Å². The van der Waals surface area contributed by atoms with Crippen molar-refractivity contribution in [3.63, 3.8) is 0 Å². The van der Waals surface area contributed by atoms with E-state index < -0.39 is 0 Å². The predicted octanol–water partition coefficient (Wildman–Crippen LogP) is 4.15. The van der Waals surface area contributed by atoms with E-state index in [4.69, 9.17) is 4.98 Å². The lowest BCUT2D eigenvalue weighted by Crippen LogP contribution is -2.29. The van der Waals surface area contributed by atoms with Crippen LogP contribution in [0.15, 0.2) is 5.38 Å². The summed E-state index contributed by atoms with van der Waals surface area (Å²) in [4.78, 5) is 4.76. The summed E-state index contributed by atoms with van der Waals surface area (Å²) in [5.74, 6) is 0. The first-order valence-corrected chi connectivity index (χ1v) is 8.03. The van der Waals surface area contributed by atoms with Crippen molar-refractivity contribution in [2.75, 3.05) is 6.54 Å². The van der Waals surface area contributed by atoms with Gasteiger partial charge in [-0.3, -0.25) is 0 Å². The topological polar surface area (TPSA) is 24.9 Å². The Morgan fingerprint density at radius 2 is 2.00 bits per heavy atom. The summed E-state index contributed by atoms with van der Waals surface area (Å²) in [6.07, 6.45) is 4.84.